The van der Waals surface area contributed by atoms with Crippen molar-refractivity contribution < 1.29 is 9.53 Å². The number of hydrogen-bond donors (Lipinski definition) is 0. The molecule has 0 radical (unpaired) electrons. The van der Waals surface area contributed by atoms with E-state index in [0.29, 0.717) is 5.92 Å². The molecule has 100 valence electrons. The maximum absolute atomic E-state index is 11.2. The molecule has 0 saturated heterocycles. The molecule has 0 bridgehead atoms. The molecule has 0 spiro atoms. The van der Waals surface area contributed by atoms with E-state index in [-0.39, 0.29) is 12.1 Å². The van der Waals surface area contributed by atoms with E-state index < -0.39 is 0 Å². The Kier molecular flexibility index (Phi) is 2.81. The summed E-state index contributed by atoms with van der Waals surface area (Å²) < 4.78 is 7.63. The summed E-state index contributed by atoms with van der Waals surface area (Å²) >= 11 is 0. The Balaban J connectivity index is 2.13. The Bertz CT molecular complexity index is 643. The number of carbonyl (C=O) groups is 1. The highest BCUT2D eigenvalue weighted by atomic mass is 16.5. The number of fused-ring (bicyclic) bond motifs is 3. The highest BCUT2D eigenvalue weighted by Gasteiger charge is 2.28. The van der Waals surface area contributed by atoms with Crippen LogP contribution in [-0.2, 0) is 16.1 Å². The van der Waals surface area contributed by atoms with Gasteiger partial charge in [-0.1, -0.05) is 13.8 Å². The predicted molar refractivity (Wildman–Crippen MR) is 72.9 cm³/mol. The van der Waals surface area contributed by atoms with Crippen LogP contribution in [0.3, 0.4) is 0 Å². The van der Waals surface area contributed by atoms with Crippen LogP contribution in [0.15, 0.2) is 18.3 Å². The Morgan fingerprint density at radius 3 is 3.00 bits per heavy atom. The van der Waals surface area contributed by atoms with Crippen molar-refractivity contribution in [3.8, 4) is 0 Å². The van der Waals surface area contributed by atoms with Gasteiger partial charge in [0.15, 0.2) is 0 Å². The Morgan fingerprint density at radius 2 is 2.32 bits per heavy atom. The van der Waals surface area contributed by atoms with Crippen molar-refractivity contribution in [3.05, 3.63) is 29.7 Å². The summed E-state index contributed by atoms with van der Waals surface area (Å²) in [4.78, 5) is 15.6. The van der Waals surface area contributed by atoms with Gasteiger partial charge in [-0.25, -0.2) is 0 Å². The molecule has 0 aromatic carbocycles. The normalized spacial score (nSPS) is 18.0. The Morgan fingerprint density at radius 1 is 1.53 bits per heavy atom. The van der Waals surface area contributed by atoms with E-state index >= 15 is 0 Å². The summed E-state index contributed by atoms with van der Waals surface area (Å²) in [5.41, 5.74) is 3.41. The first-order valence-corrected chi connectivity index (χ1v) is 6.73. The lowest BCUT2D eigenvalue weighted by molar-refractivity contribution is -0.146. The van der Waals surface area contributed by atoms with Crippen LogP contribution in [0.2, 0.25) is 0 Å². The smallest absolute Gasteiger partial charge is 0.303 e. The zero-order valence-corrected chi connectivity index (χ0v) is 11.5. The lowest BCUT2D eigenvalue weighted by atomic mass is 10.1. The van der Waals surface area contributed by atoms with Gasteiger partial charge in [-0.15, -0.1) is 0 Å². The van der Waals surface area contributed by atoms with E-state index in [1.807, 2.05) is 12.3 Å². The number of rotatable bonds is 2. The molecule has 3 rings (SSSR count). The van der Waals surface area contributed by atoms with Crippen LogP contribution in [0.4, 0.5) is 0 Å². The number of nitrogens with zero attached hydrogens (tertiary/aromatic N) is 2. The fourth-order valence-corrected chi connectivity index (χ4v) is 2.92. The van der Waals surface area contributed by atoms with Gasteiger partial charge in [-0.2, -0.15) is 0 Å². The molecule has 4 nitrogen and oxygen atoms in total. The van der Waals surface area contributed by atoms with E-state index in [4.69, 9.17) is 4.74 Å². The minimum Gasteiger partial charge on any atom is -0.456 e. The Hall–Kier alpha value is -1.84. The third-order valence-corrected chi connectivity index (χ3v) is 3.69. The number of aromatic nitrogens is 2. The molecule has 2 aromatic rings. The van der Waals surface area contributed by atoms with Crippen LogP contribution in [0.25, 0.3) is 10.9 Å². The molecule has 4 heteroatoms. The first kappa shape index (κ1) is 12.2. The lowest BCUT2D eigenvalue weighted by Crippen LogP contribution is -2.04. The van der Waals surface area contributed by atoms with Crippen LogP contribution in [0.1, 0.15) is 50.6 Å². The second-order valence-corrected chi connectivity index (χ2v) is 5.39. The number of ether oxygens (including phenoxy) is 1. The fraction of sp³-hybridized carbons (Fsp3) is 0.467. The number of esters is 1. The zero-order valence-electron chi connectivity index (χ0n) is 11.5. The predicted octanol–water partition coefficient (Wildman–Crippen LogP) is 3.17. The van der Waals surface area contributed by atoms with Crippen LogP contribution in [-0.4, -0.2) is 15.5 Å². The van der Waals surface area contributed by atoms with Crippen molar-refractivity contribution in [1.82, 2.24) is 9.55 Å². The van der Waals surface area contributed by atoms with Gasteiger partial charge in [0.25, 0.3) is 0 Å². The molecule has 2 aromatic heterocycles. The standard InChI is InChI=1S/C15H18N2O2/c1-9(2)15-11-8-13-14(19-10(3)18)5-7-17(13)12(11)4-6-16-15/h4,6,8-9,14H,5,7H2,1-3H3. The number of carbonyl (C=O) groups excluding carboxylic acids is 1. The first-order valence-electron chi connectivity index (χ1n) is 6.73. The van der Waals surface area contributed by atoms with Crippen molar-refractivity contribution in [2.24, 2.45) is 0 Å². The van der Waals surface area contributed by atoms with Gasteiger partial charge in [0, 0.05) is 31.5 Å². The molecule has 3 heterocycles. The Labute approximate surface area is 112 Å². The van der Waals surface area contributed by atoms with Gasteiger partial charge in [0.2, 0.25) is 0 Å². The minimum atomic E-state index is -0.217. The number of hydrogen-bond acceptors (Lipinski definition) is 3. The zero-order chi connectivity index (χ0) is 13.6. The maximum atomic E-state index is 11.2. The van der Waals surface area contributed by atoms with E-state index in [9.17, 15) is 4.79 Å². The molecular formula is C15H18N2O2. The quantitative estimate of drug-likeness (QED) is 0.777. The maximum Gasteiger partial charge on any atom is 0.303 e. The van der Waals surface area contributed by atoms with E-state index in [0.717, 1.165) is 24.4 Å². The summed E-state index contributed by atoms with van der Waals surface area (Å²) in [6, 6.07) is 4.18. The molecule has 1 unspecified atom stereocenters. The van der Waals surface area contributed by atoms with Crippen molar-refractivity contribution in [3.63, 3.8) is 0 Å². The lowest BCUT2D eigenvalue weighted by Gasteiger charge is -2.09. The van der Waals surface area contributed by atoms with Crippen molar-refractivity contribution in [2.45, 2.75) is 45.8 Å². The topological polar surface area (TPSA) is 44.1 Å². The largest absolute Gasteiger partial charge is 0.456 e. The first-order chi connectivity index (χ1) is 9.08. The molecule has 0 fully saturated rings. The highest BCUT2D eigenvalue weighted by molar-refractivity contribution is 5.84. The average molecular weight is 258 g/mol. The van der Waals surface area contributed by atoms with Gasteiger partial charge >= 0.3 is 5.97 Å². The second-order valence-electron chi connectivity index (χ2n) is 5.39. The van der Waals surface area contributed by atoms with Crippen LogP contribution in [0, 0.1) is 0 Å². The van der Waals surface area contributed by atoms with Gasteiger partial charge in [0.1, 0.15) is 6.10 Å². The summed E-state index contributed by atoms with van der Waals surface area (Å²) in [7, 11) is 0. The minimum absolute atomic E-state index is 0.107. The summed E-state index contributed by atoms with van der Waals surface area (Å²) in [5, 5.41) is 1.18. The fourth-order valence-electron chi connectivity index (χ4n) is 2.92. The van der Waals surface area contributed by atoms with Gasteiger partial charge in [-0.3, -0.25) is 9.78 Å². The summed E-state index contributed by atoms with van der Waals surface area (Å²) in [6.07, 6.45) is 2.62. The summed E-state index contributed by atoms with van der Waals surface area (Å²) in [5.74, 6) is 0.171. The second kappa shape index (κ2) is 4.37. The molecule has 0 saturated carbocycles. The molecule has 1 aliphatic rings. The van der Waals surface area contributed by atoms with E-state index in [2.05, 4.69) is 29.5 Å². The molecule has 1 atom stereocenters. The number of pyridine rings is 1. The SMILES string of the molecule is CC(=O)OC1CCn2c1cc1c(C(C)C)nccc12. The monoisotopic (exact) mass is 258 g/mol. The van der Waals surface area contributed by atoms with Gasteiger partial charge in [0.05, 0.1) is 16.9 Å². The summed E-state index contributed by atoms with van der Waals surface area (Å²) in [6.45, 7) is 6.66. The van der Waals surface area contributed by atoms with E-state index in [1.165, 1.54) is 17.8 Å². The molecule has 0 amide bonds. The highest BCUT2D eigenvalue weighted by Crippen LogP contribution is 2.36. The molecule has 19 heavy (non-hydrogen) atoms. The molecule has 0 N–H and O–H groups in total. The van der Waals surface area contributed by atoms with Gasteiger partial charge in [-0.05, 0) is 18.1 Å². The van der Waals surface area contributed by atoms with Gasteiger partial charge < -0.3 is 9.30 Å². The van der Waals surface area contributed by atoms with Crippen molar-refractivity contribution in [2.75, 3.05) is 0 Å². The van der Waals surface area contributed by atoms with Crippen molar-refractivity contribution >= 4 is 16.9 Å². The third kappa shape index (κ3) is 1.91. The van der Waals surface area contributed by atoms with Crippen LogP contribution < -0.4 is 0 Å². The molecule has 0 aliphatic carbocycles. The third-order valence-electron chi connectivity index (χ3n) is 3.69. The number of aryl methyl sites for hydroxylation is 1. The van der Waals surface area contributed by atoms with E-state index in [1.54, 1.807) is 0 Å². The average Bonchev–Trinajstić information content (AvgIpc) is 2.88. The van der Waals surface area contributed by atoms with Crippen molar-refractivity contribution in [1.29, 1.82) is 0 Å². The molecule has 1 aliphatic heterocycles. The van der Waals surface area contributed by atoms with Crippen LogP contribution >= 0.6 is 0 Å². The van der Waals surface area contributed by atoms with Crippen LogP contribution in [0.5, 0.6) is 0 Å². The molecular weight excluding hydrogens is 240 g/mol.